The van der Waals surface area contributed by atoms with E-state index < -0.39 is 6.29 Å². The Labute approximate surface area is 118 Å². The average molecular weight is 280 g/mol. The number of hydrogen-bond acceptors (Lipinski definition) is 4. The Morgan fingerprint density at radius 2 is 1.85 bits per heavy atom. The van der Waals surface area contributed by atoms with Gasteiger partial charge < -0.3 is 24.8 Å². The lowest BCUT2D eigenvalue weighted by Gasteiger charge is -2.13. The highest BCUT2D eigenvalue weighted by Crippen LogP contribution is 2.11. The van der Waals surface area contributed by atoms with Crippen molar-refractivity contribution in [3.8, 4) is 5.75 Å². The summed E-state index contributed by atoms with van der Waals surface area (Å²) in [6.07, 6.45) is 2.89. The molecule has 0 aromatic heterocycles. The summed E-state index contributed by atoms with van der Waals surface area (Å²) < 4.78 is 15.0. The van der Waals surface area contributed by atoms with E-state index in [0.717, 1.165) is 11.3 Å². The third kappa shape index (κ3) is 5.73. The number of rotatable bonds is 7. The Kier molecular flexibility index (Phi) is 7.16. The van der Waals surface area contributed by atoms with Gasteiger partial charge >= 0.3 is 6.03 Å². The summed E-state index contributed by atoms with van der Waals surface area (Å²) in [5, 5.41) is 5.21. The second-order valence-corrected chi connectivity index (χ2v) is 3.86. The van der Waals surface area contributed by atoms with Crippen LogP contribution in [0.15, 0.2) is 30.5 Å². The fourth-order valence-electron chi connectivity index (χ4n) is 1.42. The summed E-state index contributed by atoms with van der Waals surface area (Å²) in [5.41, 5.74) is 0.956. The molecule has 0 bridgehead atoms. The highest BCUT2D eigenvalue weighted by molar-refractivity contribution is 5.75. The van der Waals surface area contributed by atoms with E-state index in [9.17, 15) is 4.79 Å². The molecule has 6 nitrogen and oxygen atoms in total. The molecule has 0 atom stereocenters. The number of hydrogen-bond donors (Lipinski definition) is 2. The van der Waals surface area contributed by atoms with Crippen LogP contribution in [0.3, 0.4) is 0 Å². The largest absolute Gasteiger partial charge is 0.497 e. The summed E-state index contributed by atoms with van der Waals surface area (Å²) >= 11 is 0. The maximum absolute atomic E-state index is 11.5. The van der Waals surface area contributed by atoms with E-state index in [4.69, 9.17) is 14.2 Å². The standard InChI is InChI=1S/C14H20N2O4/c1-18-12-6-4-11(5-7-12)8-9-15-14(17)16-10-13(19-2)20-3/h4-9,13H,10H2,1-3H3,(H2,15,16,17)/b9-8+. The highest BCUT2D eigenvalue weighted by atomic mass is 16.7. The molecule has 2 N–H and O–H groups in total. The summed E-state index contributed by atoms with van der Waals surface area (Å²) in [4.78, 5) is 11.5. The molecule has 1 aromatic rings. The first-order valence-corrected chi connectivity index (χ1v) is 6.10. The minimum Gasteiger partial charge on any atom is -0.497 e. The highest BCUT2D eigenvalue weighted by Gasteiger charge is 2.05. The third-order valence-electron chi connectivity index (χ3n) is 2.56. The fourth-order valence-corrected chi connectivity index (χ4v) is 1.42. The molecule has 6 heteroatoms. The molecule has 2 amide bonds. The van der Waals surface area contributed by atoms with Crippen LogP contribution in [0.5, 0.6) is 5.75 Å². The van der Waals surface area contributed by atoms with E-state index in [1.54, 1.807) is 19.4 Å². The van der Waals surface area contributed by atoms with Crippen molar-refractivity contribution in [1.82, 2.24) is 10.6 Å². The minimum absolute atomic E-state index is 0.273. The number of carbonyl (C=O) groups excluding carboxylic acids is 1. The first-order valence-electron chi connectivity index (χ1n) is 6.10. The van der Waals surface area contributed by atoms with Gasteiger partial charge in [-0.1, -0.05) is 12.1 Å². The zero-order valence-electron chi connectivity index (χ0n) is 11.9. The van der Waals surface area contributed by atoms with E-state index in [1.165, 1.54) is 14.2 Å². The number of urea groups is 1. The lowest BCUT2D eigenvalue weighted by Crippen LogP contribution is -2.38. The zero-order chi connectivity index (χ0) is 14.8. The van der Waals surface area contributed by atoms with Crippen molar-refractivity contribution >= 4 is 12.1 Å². The van der Waals surface area contributed by atoms with Gasteiger partial charge in [0.05, 0.1) is 13.7 Å². The van der Waals surface area contributed by atoms with Gasteiger partial charge in [0.1, 0.15) is 5.75 Å². The molecule has 0 saturated carbocycles. The minimum atomic E-state index is -0.452. The molecule has 0 saturated heterocycles. The Bertz CT molecular complexity index is 427. The van der Waals surface area contributed by atoms with Crippen LogP contribution in [-0.4, -0.2) is 40.2 Å². The summed E-state index contributed by atoms with van der Waals surface area (Å²) in [5.74, 6) is 0.790. The molecular weight excluding hydrogens is 260 g/mol. The molecule has 0 aliphatic carbocycles. The molecule has 0 aliphatic heterocycles. The maximum atomic E-state index is 11.5. The Morgan fingerprint density at radius 1 is 1.20 bits per heavy atom. The number of amides is 2. The molecule has 0 radical (unpaired) electrons. The predicted octanol–water partition coefficient (Wildman–Crippen LogP) is 1.58. The van der Waals surface area contributed by atoms with Crippen molar-refractivity contribution in [3.63, 3.8) is 0 Å². The van der Waals surface area contributed by atoms with Crippen LogP contribution in [-0.2, 0) is 9.47 Å². The van der Waals surface area contributed by atoms with E-state index in [0.29, 0.717) is 0 Å². The molecule has 110 valence electrons. The van der Waals surface area contributed by atoms with Gasteiger partial charge in [-0.05, 0) is 23.8 Å². The summed E-state index contributed by atoms with van der Waals surface area (Å²) in [6.45, 7) is 0.273. The lowest BCUT2D eigenvalue weighted by atomic mass is 10.2. The van der Waals surface area contributed by atoms with Crippen molar-refractivity contribution in [2.24, 2.45) is 0 Å². The topological polar surface area (TPSA) is 68.8 Å². The normalized spacial score (nSPS) is 10.8. The SMILES string of the molecule is COc1ccc(/C=C/NC(=O)NCC(OC)OC)cc1. The number of benzene rings is 1. The molecule has 20 heavy (non-hydrogen) atoms. The van der Waals surface area contributed by atoms with E-state index in [-0.39, 0.29) is 12.6 Å². The maximum Gasteiger partial charge on any atom is 0.318 e. The van der Waals surface area contributed by atoms with Gasteiger partial charge in [0.15, 0.2) is 6.29 Å². The number of ether oxygens (including phenoxy) is 3. The van der Waals surface area contributed by atoms with E-state index >= 15 is 0 Å². The molecular formula is C14H20N2O4. The third-order valence-corrected chi connectivity index (χ3v) is 2.56. The van der Waals surface area contributed by atoms with E-state index in [1.807, 2.05) is 24.3 Å². The number of carbonyl (C=O) groups is 1. The van der Waals surface area contributed by atoms with Crippen LogP contribution in [0.2, 0.25) is 0 Å². The predicted molar refractivity (Wildman–Crippen MR) is 76.4 cm³/mol. The monoisotopic (exact) mass is 280 g/mol. The van der Waals surface area contributed by atoms with Gasteiger partial charge in [-0.3, -0.25) is 0 Å². The molecule has 0 fully saturated rings. The van der Waals surface area contributed by atoms with Crippen LogP contribution in [0, 0.1) is 0 Å². The van der Waals surface area contributed by atoms with Gasteiger partial charge in [-0.25, -0.2) is 4.79 Å². The van der Waals surface area contributed by atoms with Crippen LogP contribution in [0.1, 0.15) is 5.56 Å². The molecule has 1 aromatic carbocycles. The van der Waals surface area contributed by atoms with Crippen LogP contribution in [0.4, 0.5) is 4.79 Å². The summed E-state index contributed by atoms with van der Waals surface area (Å²) in [7, 11) is 4.64. The average Bonchev–Trinajstić information content (AvgIpc) is 2.49. The number of nitrogens with one attached hydrogen (secondary N) is 2. The second-order valence-electron chi connectivity index (χ2n) is 3.86. The first kappa shape index (κ1) is 16.0. The quantitative estimate of drug-likeness (QED) is 0.744. The fraction of sp³-hybridized carbons (Fsp3) is 0.357. The Hall–Kier alpha value is -2.05. The van der Waals surface area contributed by atoms with Gasteiger partial charge in [-0.15, -0.1) is 0 Å². The zero-order valence-corrected chi connectivity index (χ0v) is 11.9. The van der Waals surface area contributed by atoms with Crippen LogP contribution < -0.4 is 15.4 Å². The van der Waals surface area contributed by atoms with Crippen molar-refractivity contribution in [2.75, 3.05) is 27.9 Å². The smallest absolute Gasteiger partial charge is 0.318 e. The first-order chi connectivity index (χ1) is 9.69. The van der Waals surface area contributed by atoms with Crippen molar-refractivity contribution in [3.05, 3.63) is 36.0 Å². The van der Waals surface area contributed by atoms with Crippen molar-refractivity contribution < 1.29 is 19.0 Å². The van der Waals surface area contributed by atoms with Crippen LogP contribution in [0.25, 0.3) is 6.08 Å². The molecule has 0 spiro atoms. The number of methoxy groups -OCH3 is 3. The lowest BCUT2D eigenvalue weighted by molar-refractivity contribution is -0.0971. The Morgan fingerprint density at radius 3 is 2.40 bits per heavy atom. The van der Waals surface area contributed by atoms with Crippen molar-refractivity contribution in [1.29, 1.82) is 0 Å². The van der Waals surface area contributed by atoms with E-state index in [2.05, 4.69) is 10.6 Å². The van der Waals surface area contributed by atoms with Gasteiger partial charge in [0.2, 0.25) is 0 Å². The summed E-state index contributed by atoms with van der Waals surface area (Å²) in [6, 6.07) is 7.15. The molecule has 0 aliphatic rings. The van der Waals surface area contributed by atoms with Crippen molar-refractivity contribution in [2.45, 2.75) is 6.29 Å². The van der Waals surface area contributed by atoms with Gasteiger partial charge in [-0.2, -0.15) is 0 Å². The molecule has 0 heterocycles. The molecule has 0 unspecified atom stereocenters. The van der Waals surface area contributed by atoms with Crippen LogP contribution >= 0.6 is 0 Å². The van der Waals surface area contributed by atoms with Gasteiger partial charge in [0.25, 0.3) is 0 Å². The van der Waals surface area contributed by atoms with Gasteiger partial charge in [0, 0.05) is 20.4 Å². The second kappa shape index (κ2) is 8.95. The Balaban J connectivity index is 2.34. The molecule has 1 rings (SSSR count).